The maximum atomic E-state index is 12.8. The first-order valence-electron chi connectivity index (χ1n) is 7.38. The number of carbonyl (C=O) groups excluding carboxylic acids is 1. The lowest BCUT2D eigenvalue weighted by molar-refractivity contribution is 0.103. The predicted molar refractivity (Wildman–Crippen MR) is 94.5 cm³/mol. The number of fused-ring (bicyclic) bond motifs is 1. The van der Waals surface area contributed by atoms with E-state index in [9.17, 15) is 4.79 Å². The third-order valence-electron chi connectivity index (χ3n) is 3.64. The molecule has 2 aromatic rings. The van der Waals surface area contributed by atoms with Crippen molar-refractivity contribution in [2.24, 2.45) is 4.99 Å². The zero-order valence-corrected chi connectivity index (χ0v) is 13.8. The fraction of sp³-hybridized carbons (Fsp3) is 0.158. The highest BCUT2D eigenvalue weighted by Gasteiger charge is 2.23. The molecule has 0 fully saturated rings. The van der Waals surface area contributed by atoms with E-state index >= 15 is 0 Å². The van der Waals surface area contributed by atoms with E-state index in [0.29, 0.717) is 22.7 Å². The Kier molecular flexibility index (Phi) is 4.30. The summed E-state index contributed by atoms with van der Waals surface area (Å²) in [5, 5.41) is 0.597. The van der Waals surface area contributed by atoms with Gasteiger partial charge in [-0.25, -0.2) is 0 Å². The third kappa shape index (κ3) is 3.20. The number of rotatable bonds is 2. The molecule has 0 saturated heterocycles. The summed E-state index contributed by atoms with van der Waals surface area (Å²) in [6, 6.07) is 15.2. The van der Waals surface area contributed by atoms with Crippen LogP contribution in [-0.4, -0.2) is 37.0 Å². The summed E-state index contributed by atoms with van der Waals surface area (Å²) in [5.74, 6) is 0.0000442. The molecule has 0 radical (unpaired) electrons. The highest BCUT2D eigenvalue weighted by Crippen LogP contribution is 2.25. The van der Waals surface area contributed by atoms with E-state index in [2.05, 4.69) is 0 Å². The van der Waals surface area contributed by atoms with Gasteiger partial charge in [0.25, 0.3) is 0 Å². The van der Waals surface area contributed by atoms with Crippen molar-refractivity contribution in [1.82, 2.24) is 4.90 Å². The van der Waals surface area contributed by atoms with Crippen LogP contribution in [0.3, 0.4) is 0 Å². The van der Waals surface area contributed by atoms with Crippen LogP contribution in [0.15, 0.2) is 65.3 Å². The van der Waals surface area contributed by atoms with Gasteiger partial charge in [-0.15, -0.1) is 0 Å². The molecule has 0 amide bonds. The van der Waals surface area contributed by atoms with Crippen molar-refractivity contribution in [2.45, 2.75) is 0 Å². The molecule has 0 aliphatic carbocycles. The molecule has 1 aliphatic heterocycles. The van der Waals surface area contributed by atoms with E-state index in [4.69, 9.17) is 16.6 Å². The monoisotopic (exact) mass is 324 g/mol. The van der Waals surface area contributed by atoms with Gasteiger partial charge in [0.15, 0.2) is 5.78 Å². The maximum Gasteiger partial charge on any atom is 0.193 e. The summed E-state index contributed by atoms with van der Waals surface area (Å²) in [6.45, 7) is 0.355. The lowest BCUT2D eigenvalue weighted by atomic mass is 9.94. The molecule has 23 heavy (non-hydrogen) atoms. The molecule has 0 aromatic heterocycles. The Labute approximate surface area is 140 Å². The van der Waals surface area contributed by atoms with Gasteiger partial charge in [-0.1, -0.05) is 41.9 Å². The lowest BCUT2D eigenvalue weighted by Gasteiger charge is -2.10. The van der Waals surface area contributed by atoms with E-state index < -0.39 is 0 Å². The average Bonchev–Trinajstić information content (AvgIpc) is 2.66. The van der Waals surface area contributed by atoms with Gasteiger partial charge in [-0.2, -0.15) is 0 Å². The molecule has 0 unspecified atom stereocenters. The first-order valence-corrected chi connectivity index (χ1v) is 7.75. The number of aliphatic imine (C=N–C) groups is 1. The first-order chi connectivity index (χ1) is 11.1. The fourth-order valence-electron chi connectivity index (χ4n) is 2.66. The minimum atomic E-state index is 0.0000442. The maximum absolute atomic E-state index is 12.8. The van der Waals surface area contributed by atoms with Crippen molar-refractivity contribution in [1.29, 1.82) is 0 Å². The second-order valence-corrected chi connectivity index (χ2v) is 6.10. The topological polar surface area (TPSA) is 32.7 Å². The zero-order valence-electron chi connectivity index (χ0n) is 13.1. The molecule has 0 atom stereocenters. The van der Waals surface area contributed by atoms with Crippen LogP contribution in [0.1, 0.15) is 21.5 Å². The van der Waals surface area contributed by atoms with E-state index in [1.165, 1.54) is 0 Å². The Balaban J connectivity index is 2.22. The summed E-state index contributed by atoms with van der Waals surface area (Å²) < 4.78 is 0. The number of hydrogen-bond acceptors (Lipinski definition) is 3. The van der Waals surface area contributed by atoms with E-state index in [1.807, 2.05) is 61.6 Å². The lowest BCUT2D eigenvalue weighted by Crippen LogP contribution is -2.12. The second kappa shape index (κ2) is 6.39. The number of benzene rings is 2. The van der Waals surface area contributed by atoms with Gasteiger partial charge in [0.1, 0.15) is 0 Å². The largest absolute Gasteiger partial charge is 0.383 e. The zero-order chi connectivity index (χ0) is 16.4. The summed E-state index contributed by atoms with van der Waals surface area (Å²) in [5.41, 5.74) is 3.89. The summed E-state index contributed by atoms with van der Waals surface area (Å²) in [7, 11) is 3.80. The van der Waals surface area contributed by atoms with Crippen molar-refractivity contribution in [3.8, 4) is 0 Å². The Morgan fingerprint density at radius 2 is 1.83 bits per heavy atom. The quantitative estimate of drug-likeness (QED) is 0.787. The van der Waals surface area contributed by atoms with Crippen LogP contribution < -0.4 is 0 Å². The van der Waals surface area contributed by atoms with E-state index in [1.54, 1.807) is 12.1 Å². The van der Waals surface area contributed by atoms with Gasteiger partial charge in [-0.05, 0) is 18.2 Å². The summed E-state index contributed by atoms with van der Waals surface area (Å²) in [4.78, 5) is 19.4. The van der Waals surface area contributed by atoms with Crippen LogP contribution >= 0.6 is 11.6 Å². The number of hydrogen-bond donors (Lipinski definition) is 0. The number of Topliss-reactive ketones (excluding diaryl/α,β-unsaturated/α-hetero) is 1. The molecule has 0 saturated carbocycles. The van der Waals surface area contributed by atoms with Crippen molar-refractivity contribution in [3.63, 3.8) is 0 Å². The van der Waals surface area contributed by atoms with Crippen LogP contribution in [-0.2, 0) is 0 Å². The number of halogens is 1. The highest BCUT2D eigenvalue weighted by molar-refractivity contribution is 6.32. The van der Waals surface area contributed by atoms with Crippen molar-refractivity contribution < 1.29 is 4.79 Å². The van der Waals surface area contributed by atoms with Crippen LogP contribution in [0, 0.1) is 0 Å². The minimum absolute atomic E-state index is 0.0000442. The minimum Gasteiger partial charge on any atom is -0.383 e. The van der Waals surface area contributed by atoms with Crippen LogP contribution in [0.4, 0.5) is 0 Å². The summed E-state index contributed by atoms with van der Waals surface area (Å²) in [6.07, 6.45) is 1.83. The molecule has 116 valence electrons. The van der Waals surface area contributed by atoms with Crippen molar-refractivity contribution >= 4 is 23.1 Å². The van der Waals surface area contributed by atoms with Gasteiger partial charge in [-0.3, -0.25) is 9.79 Å². The van der Waals surface area contributed by atoms with E-state index in [-0.39, 0.29) is 5.78 Å². The second-order valence-electron chi connectivity index (χ2n) is 5.67. The molecular formula is C19H17ClN2O. The number of nitrogens with zero attached hydrogens (tertiary/aromatic N) is 2. The number of ketones is 1. The molecule has 0 N–H and O–H groups in total. The molecule has 0 bridgehead atoms. The molecule has 2 aromatic carbocycles. The SMILES string of the molecule is CN(C)/C=C1/CN=C(c2ccccc2)c2cc(Cl)ccc2C1=O. The van der Waals surface area contributed by atoms with Gasteiger partial charge in [0.2, 0.25) is 0 Å². The number of carbonyl (C=O) groups is 1. The van der Waals surface area contributed by atoms with Gasteiger partial charge in [0.05, 0.1) is 12.3 Å². The fourth-order valence-corrected chi connectivity index (χ4v) is 2.83. The van der Waals surface area contributed by atoms with E-state index in [0.717, 1.165) is 16.8 Å². The van der Waals surface area contributed by atoms with Crippen LogP contribution in [0.5, 0.6) is 0 Å². The van der Waals surface area contributed by atoms with Gasteiger partial charge in [0, 0.05) is 47.6 Å². The van der Waals surface area contributed by atoms with Crippen molar-refractivity contribution in [2.75, 3.05) is 20.6 Å². The molecule has 1 heterocycles. The van der Waals surface area contributed by atoms with Gasteiger partial charge < -0.3 is 4.90 Å². The van der Waals surface area contributed by atoms with Crippen LogP contribution in [0.25, 0.3) is 0 Å². The predicted octanol–water partition coefficient (Wildman–Crippen LogP) is 3.82. The Morgan fingerprint density at radius 3 is 2.52 bits per heavy atom. The Hall–Kier alpha value is -2.39. The molecule has 0 spiro atoms. The Bertz CT molecular complexity index is 807. The molecule has 3 rings (SSSR count). The normalized spacial score (nSPS) is 15.9. The van der Waals surface area contributed by atoms with Gasteiger partial charge >= 0.3 is 0 Å². The standard InChI is InChI=1S/C19H17ClN2O/c1-22(2)12-14-11-21-18(13-6-4-3-5-7-13)17-10-15(20)8-9-16(17)19(14)23/h3-10,12H,11H2,1-2H3/b14-12-. The summed E-state index contributed by atoms with van der Waals surface area (Å²) >= 11 is 6.16. The first kappa shape index (κ1) is 15.5. The van der Waals surface area contributed by atoms with Crippen LogP contribution in [0.2, 0.25) is 5.02 Å². The smallest absolute Gasteiger partial charge is 0.193 e. The molecule has 1 aliphatic rings. The molecular weight excluding hydrogens is 308 g/mol. The molecule has 3 nitrogen and oxygen atoms in total. The highest BCUT2D eigenvalue weighted by atomic mass is 35.5. The average molecular weight is 325 g/mol. The Morgan fingerprint density at radius 1 is 1.09 bits per heavy atom. The molecule has 4 heteroatoms. The third-order valence-corrected chi connectivity index (χ3v) is 3.88. The van der Waals surface area contributed by atoms with Crippen molar-refractivity contribution in [3.05, 3.63) is 82.0 Å².